The molecule has 0 atom stereocenters. The lowest BCUT2D eigenvalue weighted by Crippen LogP contribution is -2.09. The van der Waals surface area contributed by atoms with Gasteiger partial charge in [-0.1, -0.05) is 30.3 Å². The summed E-state index contributed by atoms with van der Waals surface area (Å²) in [6, 6.07) is 14.2. The molecule has 0 aliphatic heterocycles. The predicted molar refractivity (Wildman–Crippen MR) is 82.0 cm³/mol. The fraction of sp³-hybridized carbons (Fsp3) is 0.167. The van der Waals surface area contributed by atoms with Crippen LogP contribution in [0.25, 0.3) is 10.8 Å². The highest BCUT2D eigenvalue weighted by Gasteiger charge is 2.14. The Bertz CT molecular complexity index is 741. The first-order chi connectivity index (χ1) is 10.3. The van der Waals surface area contributed by atoms with Crippen LogP contribution in [0.3, 0.4) is 0 Å². The molecule has 0 spiro atoms. The van der Waals surface area contributed by atoms with Crippen molar-refractivity contribution in [2.45, 2.75) is 12.8 Å². The van der Waals surface area contributed by atoms with Gasteiger partial charge in [0, 0.05) is 12.0 Å². The summed E-state index contributed by atoms with van der Waals surface area (Å²) >= 11 is 0. The van der Waals surface area contributed by atoms with Crippen molar-refractivity contribution in [3.05, 3.63) is 65.9 Å². The van der Waals surface area contributed by atoms with Crippen molar-refractivity contribution in [3.8, 4) is 5.75 Å². The molecule has 3 rings (SSSR count). The Morgan fingerprint density at radius 2 is 1.81 bits per heavy atom. The quantitative estimate of drug-likeness (QED) is 0.797. The van der Waals surface area contributed by atoms with Gasteiger partial charge in [-0.25, -0.2) is 4.79 Å². The summed E-state index contributed by atoms with van der Waals surface area (Å²) in [6.45, 7) is 0. The number of esters is 1. The Balaban J connectivity index is 1.78. The lowest BCUT2D eigenvalue weighted by molar-refractivity contribution is -0.136. The maximum atomic E-state index is 11.4. The van der Waals surface area contributed by atoms with Crippen LogP contribution in [0.1, 0.15) is 12.8 Å². The minimum Gasteiger partial charge on any atom is -0.466 e. The smallest absolute Gasteiger partial charge is 0.333 e. The zero-order valence-electron chi connectivity index (χ0n) is 11.8. The molecule has 0 N–H and O–H groups in total. The molecule has 0 saturated carbocycles. The van der Waals surface area contributed by atoms with E-state index < -0.39 is 0 Å². The summed E-state index contributed by atoms with van der Waals surface area (Å²) < 4.78 is 10.6. The number of rotatable bonds is 3. The molecule has 1 aliphatic carbocycles. The van der Waals surface area contributed by atoms with Crippen LogP contribution >= 0.6 is 0 Å². The molecule has 3 nitrogen and oxygen atoms in total. The van der Waals surface area contributed by atoms with E-state index in [4.69, 9.17) is 9.47 Å². The van der Waals surface area contributed by atoms with Crippen molar-refractivity contribution < 1.29 is 14.3 Å². The first-order valence-corrected chi connectivity index (χ1v) is 6.91. The van der Waals surface area contributed by atoms with Crippen molar-refractivity contribution in [3.63, 3.8) is 0 Å². The van der Waals surface area contributed by atoms with E-state index in [1.54, 1.807) is 6.08 Å². The summed E-state index contributed by atoms with van der Waals surface area (Å²) in [4.78, 5) is 11.4. The van der Waals surface area contributed by atoms with E-state index in [0.717, 1.165) is 16.9 Å². The van der Waals surface area contributed by atoms with Gasteiger partial charge >= 0.3 is 5.97 Å². The van der Waals surface area contributed by atoms with Crippen LogP contribution in [-0.4, -0.2) is 13.1 Å². The molecule has 0 saturated heterocycles. The number of fused-ring (bicyclic) bond motifs is 1. The maximum absolute atomic E-state index is 11.4. The van der Waals surface area contributed by atoms with Gasteiger partial charge in [0.25, 0.3) is 0 Å². The fourth-order valence-electron chi connectivity index (χ4n) is 2.39. The zero-order chi connectivity index (χ0) is 14.7. The van der Waals surface area contributed by atoms with Crippen molar-refractivity contribution in [2.75, 3.05) is 7.11 Å². The van der Waals surface area contributed by atoms with Gasteiger partial charge in [-0.2, -0.15) is 0 Å². The Morgan fingerprint density at radius 1 is 1.00 bits per heavy atom. The van der Waals surface area contributed by atoms with Crippen molar-refractivity contribution in [2.24, 2.45) is 0 Å². The second kappa shape index (κ2) is 5.83. The number of benzene rings is 2. The van der Waals surface area contributed by atoms with Crippen LogP contribution in [0, 0.1) is 0 Å². The van der Waals surface area contributed by atoms with Gasteiger partial charge in [-0.05, 0) is 41.5 Å². The second-order valence-corrected chi connectivity index (χ2v) is 4.93. The SMILES string of the molecule is COC(=O)C1=CC=C(Oc2ccc3ccccc3c2)CC1. The van der Waals surface area contributed by atoms with E-state index in [0.29, 0.717) is 18.4 Å². The van der Waals surface area contributed by atoms with Crippen LogP contribution in [-0.2, 0) is 9.53 Å². The Kier molecular flexibility index (Phi) is 3.73. The van der Waals surface area contributed by atoms with Crippen LogP contribution in [0.5, 0.6) is 5.75 Å². The van der Waals surface area contributed by atoms with Crippen molar-refractivity contribution >= 4 is 16.7 Å². The average Bonchev–Trinajstić information content (AvgIpc) is 2.55. The van der Waals surface area contributed by atoms with Gasteiger partial charge < -0.3 is 9.47 Å². The van der Waals surface area contributed by atoms with E-state index in [-0.39, 0.29) is 5.97 Å². The molecular formula is C18H16O3. The Morgan fingerprint density at radius 3 is 2.52 bits per heavy atom. The average molecular weight is 280 g/mol. The molecule has 2 aromatic rings. The summed E-state index contributed by atoms with van der Waals surface area (Å²) in [6.07, 6.45) is 4.95. The monoisotopic (exact) mass is 280 g/mol. The third kappa shape index (κ3) is 2.97. The molecule has 0 unspecified atom stereocenters. The Hall–Kier alpha value is -2.55. The van der Waals surface area contributed by atoms with E-state index >= 15 is 0 Å². The third-order valence-corrected chi connectivity index (χ3v) is 3.53. The highest BCUT2D eigenvalue weighted by Crippen LogP contribution is 2.26. The van der Waals surface area contributed by atoms with Crippen molar-refractivity contribution in [1.29, 1.82) is 0 Å². The fourth-order valence-corrected chi connectivity index (χ4v) is 2.39. The van der Waals surface area contributed by atoms with Crippen LogP contribution in [0.15, 0.2) is 65.9 Å². The summed E-state index contributed by atoms with van der Waals surface area (Å²) in [5.41, 5.74) is 0.684. The highest BCUT2D eigenvalue weighted by atomic mass is 16.5. The van der Waals surface area contributed by atoms with E-state index in [1.807, 2.05) is 36.4 Å². The van der Waals surface area contributed by atoms with Gasteiger partial charge in [0.15, 0.2) is 0 Å². The highest BCUT2D eigenvalue weighted by molar-refractivity contribution is 5.89. The molecule has 2 aromatic carbocycles. The number of methoxy groups -OCH3 is 1. The number of carbonyl (C=O) groups is 1. The van der Waals surface area contributed by atoms with Gasteiger partial charge in [0.1, 0.15) is 11.5 Å². The minimum atomic E-state index is -0.268. The van der Waals surface area contributed by atoms with Crippen LogP contribution in [0.4, 0.5) is 0 Å². The van der Waals surface area contributed by atoms with Gasteiger partial charge in [-0.15, -0.1) is 0 Å². The van der Waals surface area contributed by atoms with E-state index in [1.165, 1.54) is 12.5 Å². The van der Waals surface area contributed by atoms with E-state index in [9.17, 15) is 4.79 Å². The van der Waals surface area contributed by atoms with Crippen LogP contribution in [0.2, 0.25) is 0 Å². The third-order valence-electron chi connectivity index (χ3n) is 3.53. The molecule has 21 heavy (non-hydrogen) atoms. The zero-order valence-corrected chi connectivity index (χ0v) is 11.8. The first-order valence-electron chi connectivity index (χ1n) is 6.91. The van der Waals surface area contributed by atoms with Gasteiger partial charge in [0.05, 0.1) is 7.11 Å². The van der Waals surface area contributed by atoms with E-state index in [2.05, 4.69) is 12.1 Å². The molecule has 1 aliphatic rings. The maximum Gasteiger partial charge on any atom is 0.333 e. The second-order valence-electron chi connectivity index (χ2n) is 4.93. The van der Waals surface area contributed by atoms with Gasteiger partial charge in [-0.3, -0.25) is 0 Å². The molecular weight excluding hydrogens is 264 g/mol. The molecule has 0 heterocycles. The lowest BCUT2D eigenvalue weighted by Gasteiger charge is -2.14. The first kappa shape index (κ1) is 13.4. The minimum absolute atomic E-state index is 0.268. The molecule has 3 heteroatoms. The normalized spacial score (nSPS) is 14.3. The summed E-state index contributed by atoms with van der Waals surface area (Å²) in [5, 5.41) is 2.34. The molecule has 0 radical (unpaired) electrons. The van der Waals surface area contributed by atoms with Crippen LogP contribution < -0.4 is 4.74 Å². The van der Waals surface area contributed by atoms with Crippen molar-refractivity contribution in [1.82, 2.24) is 0 Å². The summed E-state index contributed by atoms with van der Waals surface area (Å²) in [5.74, 6) is 1.41. The lowest BCUT2D eigenvalue weighted by atomic mass is 10.0. The largest absolute Gasteiger partial charge is 0.466 e. The Labute approximate surface area is 123 Å². The number of hydrogen-bond donors (Lipinski definition) is 0. The predicted octanol–water partition coefficient (Wildman–Crippen LogP) is 4.00. The number of hydrogen-bond acceptors (Lipinski definition) is 3. The topological polar surface area (TPSA) is 35.5 Å². The standard InChI is InChI=1S/C18H16O3/c1-20-18(19)14-7-9-16(10-8-14)21-17-11-6-13-4-2-3-5-15(13)12-17/h2-7,9,11-12H,8,10H2,1H3. The molecule has 0 fully saturated rings. The number of allylic oxidation sites excluding steroid dienone is 3. The van der Waals surface area contributed by atoms with Gasteiger partial charge in [0.2, 0.25) is 0 Å². The molecule has 106 valence electrons. The molecule has 0 bridgehead atoms. The number of ether oxygens (including phenoxy) is 2. The molecule has 0 aromatic heterocycles. The summed E-state index contributed by atoms with van der Waals surface area (Å²) in [7, 11) is 1.40. The number of carbonyl (C=O) groups excluding carboxylic acids is 1. The molecule has 0 amide bonds.